The van der Waals surface area contributed by atoms with E-state index in [1.54, 1.807) is 43.3 Å². The van der Waals surface area contributed by atoms with Gasteiger partial charge in [0, 0.05) is 6.07 Å². The van der Waals surface area contributed by atoms with E-state index in [0.717, 1.165) is 0 Å². The van der Waals surface area contributed by atoms with E-state index < -0.39 is 22.7 Å². The van der Waals surface area contributed by atoms with Gasteiger partial charge in [-0.2, -0.15) is 0 Å². The van der Waals surface area contributed by atoms with Crippen LogP contribution in [-0.2, 0) is 9.53 Å². The molecule has 0 amide bonds. The monoisotopic (exact) mass is 478 g/mol. The second-order valence-corrected chi connectivity index (χ2v) is 7.72. The summed E-state index contributed by atoms with van der Waals surface area (Å²) in [5.41, 5.74) is 0.796. The molecule has 1 aromatic heterocycles. The van der Waals surface area contributed by atoms with Crippen molar-refractivity contribution < 1.29 is 28.2 Å². The van der Waals surface area contributed by atoms with Gasteiger partial charge < -0.3 is 18.6 Å². The summed E-state index contributed by atoms with van der Waals surface area (Å²) in [4.78, 5) is 37.0. The van der Waals surface area contributed by atoms with E-state index in [9.17, 15) is 14.4 Å². The Labute approximate surface area is 199 Å². The summed E-state index contributed by atoms with van der Waals surface area (Å²) >= 11 is 6.22. The number of hydrogen-bond donors (Lipinski definition) is 0. The Balaban J connectivity index is 1.57. The summed E-state index contributed by atoms with van der Waals surface area (Å²) in [6.45, 7) is 1.59. The summed E-state index contributed by atoms with van der Waals surface area (Å²) in [6, 6.07) is 19.4. The van der Waals surface area contributed by atoms with Gasteiger partial charge in [-0.15, -0.1) is 11.6 Å². The van der Waals surface area contributed by atoms with Gasteiger partial charge >= 0.3 is 11.9 Å². The lowest BCUT2D eigenvalue weighted by Gasteiger charge is -2.11. The second-order valence-electron chi connectivity index (χ2n) is 7.29. The molecule has 1 heterocycles. The molecule has 0 N–H and O–H groups in total. The number of halogens is 1. The number of carbonyl (C=O) groups excluding carboxylic acids is 2. The van der Waals surface area contributed by atoms with Gasteiger partial charge in [-0.25, -0.2) is 9.59 Å². The van der Waals surface area contributed by atoms with Gasteiger partial charge in [0.2, 0.25) is 11.2 Å². The topological polar surface area (TPSA) is 92.0 Å². The highest BCUT2D eigenvalue weighted by Crippen LogP contribution is 2.29. The van der Waals surface area contributed by atoms with Crippen LogP contribution in [0, 0.1) is 6.92 Å². The number of fused-ring (bicyclic) bond motifs is 1. The molecule has 0 spiro atoms. The Bertz CT molecular complexity index is 1410. The fraction of sp³-hybridized carbons (Fsp3) is 0.115. The number of carbonyl (C=O) groups is 2. The van der Waals surface area contributed by atoms with Crippen LogP contribution in [-0.4, -0.2) is 19.0 Å². The average Bonchev–Trinajstić information content (AvgIpc) is 2.86. The maximum atomic E-state index is 13.0. The van der Waals surface area contributed by atoms with Gasteiger partial charge in [0.15, 0.2) is 5.38 Å². The Hall–Kier alpha value is -4.10. The first-order valence-electron chi connectivity index (χ1n) is 10.2. The molecule has 7 nitrogen and oxygen atoms in total. The fourth-order valence-corrected chi connectivity index (χ4v) is 3.46. The zero-order chi connectivity index (χ0) is 24.2. The lowest BCUT2D eigenvalue weighted by atomic mass is 10.1. The molecule has 0 aliphatic heterocycles. The van der Waals surface area contributed by atoms with Crippen molar-refractivity contribution in [2.45, 2.75) is 12.3 Å². The van der Waals surface area contributed by atoms with Crippen LogP contribution >= 0.6 is 11.6 Å². The molecule has 3 aromatic carbocycles. The van der Waals surface area contributed by atoms with E-state index in [1.807, 2.05) is 6.07 Å². The highest BCUT2D eigenvalue weighted by Gasteiger charge is 2.21. The highest BCUT2D eigenvalue weighted by molar-refractivity contribution is 6.30. The third-order valence-corrected chi connectivity index (χ3v) is 5.43. The fourth-order valence-electron chi connectivity index (χ4n) is 3.27. The van der Waals surface area contributed by atoms with Crippen molar-refractivity contribution in [3.63, 3.8) is 0 Å². The number of rotatable bonds is 6. The minimum Gasteiger partial charge on any atom is -0.465 e. The molecule has 4 aromatic rings. The van der Waals surface area contributed by atoms with Crippen LogP contribution in [0.3, 0.4) is 0 Å². The number of benzene rings is 3. The van der Waals surface area contributed by atoms with Crippen molar-refractivity contribution in [2.24, 2.45) is 0 Å². The van der Waals surface area contributed by atoms with Crippen LogP contribution in [0.4, 0.5) is 0 Å². The highest BCUT2D eigenvalue weighted by atomic mass is 35.5. The molecule has 172 valence electrons. The summed E-state index contributed by atoms with van der Waals surface area (Å²) in [7, 11) is 1.29. The van der Waals surface area contributed by atoms with E-state index in [0.29, 0.717) is 16.9 Å². The SMILES string of the molecule is COC(=O)c1ccc(Oc2c(C)oc3cc(OC(=O)C(Cl)c4ccccc4)ccc3c2=O)cc1. The van der Waals surface area contributed by atoms with Gasteiger partial charge in [-0.05, 0) is 48.9 Å². The van der Waals surface area contributed by atoms with Crippen molar-refractivity contribution in [1.29, 1.82) is 0 Å². The predicted octanol–water partition coefficient (Wildman–Crippen LogP) is 5.57. The standard InChI is InChI=1S/C26H19ClO7/c1-15-24(33-18-10-8-17(9-11-18)25(29)31-2)23(28)20-13-12-19(14-21(20)32-15)34-26(30)22(27)16-6-4-3-5-7-16/h3-14,22H,1-2H3. The number of hydrogen-bond acceptors (Lipinski definition) is 7. The number of aryl methyl sites for hydroxylation is 1. The molecular formula is C26H19ClO7. The number of esters is 2. The van der Waals surface area contributed by atoms with E-state index in [2.05, 4.69) is 4.74 Å². The zero-order valence-corrected chi connectivity index (χ0v) is 19.0. The number of alkyl halides is 1. The molecule has 0 aliphatic rings. The van der Waals surface area contributed by atoms with Gasteiger partial charge in [0.25, 0.3) is 0 Å². The third-order valence-electron chi connectivity index (χ3n) is 5.00. The second kappa shape index (κ2) is 9.80. The molecular weight excluding hydrogens is 460 g/mol. The summed E-state index contributed by atoms with van der Waals surface area (Å²) in [5.74, 6) is -0.350. The molecule has 0 saturated heterocycles. The molecule has 0 aliphatic carbocycles. The van der Waals surface area contributed by atoms with Crippen LogP contribution in [0.5, 0.6) is 17.2 Å². The lowest BCUT2D eigenvalue weighted by Crippen LogP contribution is -2.14. The quantitative estimate of drug-likeness (QED) is 0.203. The summed E-state index contributed by atoms with van der Waals surface area (Å²) < 4.78 is 21.5. The molecule has 34 heavy (non-hydrogen) atoms. The minimum atomic E-state index is -0.980. The van der Waals surface area contributed by atoms with E-state index in [4.69, 9.17) is 25.5 Å². The van der Waals surface area contributed by atoms with Crippen LogP contribution in [0.25, 0.3) is 11.0 Å². The first-order valence-corrected chi connectivity index (χ1v) is 10.7. The number of ether oxygens (including phenoxy) is 3. The summed E-state index contributed by atoms with van der Waals surface area (Å²) in [6.07, 6.45) is 0. The Morgan fingerprint density at radius 2 is 1.62 bits per heavy atom. The predicted molar refractivity (Wildman–Crippen MR) is 126 cm³/mol. The average molecular weight is 479 g/mol. The van der Waals surface area contributed by atoms with Crippen LogP contribution in [0.2, 0.25) is 0 Å². The smallest absolute Gasteiger partial charge is 0.337 e. The van der Waals surface area contributed by atoms with Gasteiger partial charge in [0.1, 0.15) is 22.8 Å². The van der Waals surface area contributed by atoms with Crippen molar-refractivity contribution in [2.75, 3.05) is 7.11 Å². The van der Waals surface area contributed by atoms with E-state index in [-0.39, 0.29) is 28.2 Å². The molecule has 0 radical (unpaired) electrons. The van der Waals surface area contributed by atoms with E-state index >= 15 is 0 Å². The first-order chi connectivity index (χ1) is 16.4. The van der Waals surface area contributed by atoms with Gasteiger partial charge in [0.05, 0.1) is 18.1 Å². The Morgan fingerprint density at radius 1 is 0.941 bits per heavy atom. The molecule has 4 rings (SSSR count). The van der Waals surface area contributed by atoms with Crippen LogP contribution in [0.1, 0.15) is 27.1 Å². The molecule has 1 atom stereocenters. The van der Waals surface area contributed by atoms with Crippen molar-refractivity contribution >= 4 is 34.5 Å². The normalized spacial score (nSPS) is 11.6. The molecule has 1 unspecified atom stereocenters. The number of methoxy groups -OCH3 is 1. The van der Waals surface area contributed by atoms with Crippen molar-refractivity contribution in [3.05, 3.63) is 99.9 Å². The largest absolute Gasteiger partial charge is 0.465 e. The molecule has 0 fully saturated rings. The first kappa shape index (κ1) is 23.1. The lowest BCUT2D eigenvalue weighted by molar-refractivity contribution is -0.134. The maximum absolute atomic E-state index is 13.0. The molecule has 8 heteroatoms. The van der Waals surface area contributed by atoms with Crippen LogP contribution in [0.15, 0.2) is 82.0 Å². The summed E-state index contributed by atoms with van der Waals surface area (Å²) in [5, 5.41) is -0.732. The Morgan fingerprint density at radius 3 is 2.29 bits per heavy atom. The molecule has 0 bridgehead atoms. The van der Waals surface area contributed by atoms with Crippen LogP contribution < -0.4 is 14.9 Å². The van der Waals surface area contributed by atoms with Gasteiger partial charge in [-0.3, -0.25) is 4.79 Å². The minimum absolute atomic E-state index is 0.00737. The van der Waals surface area contributed by atoms with Crippen molar-refractivity contribution in [3.8, 4) is 17.2 Å². The Kier molecular flexibility index (Phi) is 6.65. The maximum Gasteiger partial charge on any atom is 0.337 e. The van der Waals surface area contributed by atoms with Crippen molar-refractivity contribution in [1.82, 2.24) is 0 Å². The zero-order valence-electron chi connectivity index (χ0n) is 18.2. The molecule has 0 saturated carbocycles. The van der Waals surface area contributed by atoms with Gasteiger partial charge in [-0.1, -0.05) is 30.3 Å². The third kappa shape index (κ3) is 4.79. The van der Waals surface area contributed by atoms with E-state index in [1.165, 1.54) is 37.4 Å².